The third-order valence-corrected chi connectivity index (χ3v) is 3.85. The number of hydrogen-bond donors (Lipinski definition) is 0. The summed E-state index contributed by atoms with van der Waals surface area (Å²) in [5.41, 5.74) is 3.16. The number of rotatable bonds is 5. The Balaban J connectivity index is 2.16. The van der Waals surface area contributed by atoms with E-state index in [1.165, 1.54) is 0 Å². The van der Waals surface area contributed by atoms with Crippen molar-refractivity contribution < 1.29 is 4.74 Å². The van der Waals surface area contributed by atoms with E-state index in [-0.39, 0.29) is 0 Å². The number of aromatic nitrogens is 2. The standard InChI is InChI=1S/C14H16BrClN2O/c1-3-11-7-12(18(2)17-11)9-19-14-10(8-15)5-4-6-13(14)16/h4-7H,3,8-9H2,1-2H3. The maximum Gasteiger partial charge on any atom is 0.142 e. The second-order valence-corrected chi connectivity index (χ2v) is 5.22. The number of halogens is 2. The first-order valence-electron chi connectivity index (χ1n) is 6.13. The zero-order chi connectivity index (χ0) is 13.8. The van der Waals surface area contributed by atoms with Gasteiger partial charge in [0.05, 0.1) is 16.4 Å². The topological polar surface area (TPSA) is 27.1 Å². The van der Waals surface area contributed by atoms with Crippen molar-refractivity contribution >= 4 is 27.5 Å². The van der Waals surface area contributed by atoms with Crippen molar-refractivity contribution in [2.75, 3.05) is 0 Å². The number of para-hydroxylation sites is 1. The van der Waals surface area contributed by atoms with Crippen LogP contribution in [-0.4, -0.2) is 9.78 Å². The van der Waals surface area contributed by atoms with Crippen LogP contribution in [0.4, 0.5) is 0 Å². The van der Waals surface area contributed by atoms with Gasteiger partial charge in [-0.15, -0.1) is 0 Å². The summed E-state index contributed by atoms with van der Waals surface area (Å²) >= 11 is 9.62. The summed E-state index contributed by atoms with van der Waals surface area (Å²) in [6, 6.07) is 7.82. The van der Waals surface area contributed by atoms with Crippen LogP contribution >= 0.6 is 27.5 Å². The van der Waals surface area contributed by atoms with Gasteiger partial charge in [0.25, 0.3) is 0 Å². The Labute approximate surface area is 126 Å². The first-order chi connectivity index (χ1) is 9.15. The van der Waals surface area contributed by atoms with E-state index in [0.29, 0.717) is 17.0 Å². The molecule has 0 amide bonds. The molecule has 0 aliphatic rings. The predicted molar refractivity (Wildman–Crippen MR) is 81.0 cm³/mol. The van der Waals surface area contributed by atoms with Gasteiger partial charge < -0.3 is 4.74 Å². The Morgan fingerprint density at radius 3 is 2.84 bits per heavy atom. The molecule has 0 radical (unpaired) electrons. The van der Waals surface area contributed by atoms with Crippen LogP contribution in [0, 0.1) is 0 Å². The van der Waals surface area contributed by atoms with Gasteiger partial charge in [-0.2, -0.15) is 5.10 Å². The maximum absolute atomic E-state index is 6.18. The summed E-state index contributed by atoms with van der Waals surface area (Å²) in [6.07, 6.45) is 0.923. The third kappa shape index (κ3) is 3.31. The van der Waals surface area contributed by atoms with Gasteiger partial charge in [0.15, 0.2) is 0 Å². The molecule has 1 aromatic heterocycles. The largest absolute Gasteiger partial charge is 0.485 e. The van der Waals surface area contributed by atoms with E-state index >= 15 is 0 Å². The molecule has 0 aliphatic heterocycles. The molecule has 0 fully saturated rings. The van der Waals surface area contributed by atoms with Gasteiger partial charge in [-0.25, -0.2) is 0 Å². The lowest BCUT2D eigenvalue weighted by molar-refractivity contribution is 0.293. The van der Waals surface area contributed by atoms with E-state index < -0.39 is 0 Å². The fraction of sp³-hybridized carbons (Fsp3) is 0.357. The fourth-order valence-electron chi connectivity index (χ4n) is 1.85. The van der Waals surface area contributed by atoms with Crippen molar-refractivity contribution in [1.82, 2.24) is 9.78 Å². The van der Waals surface area contributed by atoms with E-state index in [2.05, 4.69) is 34.0 Å². The average molecular weight is 344 g/mol. The molecule has 3 nitrogen and oxygen atoms in total. The minimum Gasteiger partial charge on any atom is -0.485 e. The molecule has 0 spiro atoms. The quantitative estimate of drug-likeness (QED) is 0.764. The van der Waals surface area contributed by atoms with Crippen molar-refractivity contribution in [2.24, 2.45) is 7.05 Å². The van der Waals surface area contributed by atoms with E-state index in [0.717, 1.165) is 29.1 Å². The molecule has 2 aromatic rings. The average Bonchev–Trinajstić information content (AvgIpc) is 2.77. The molecule has 2 rings (SSSR count). The summed E-state index contributed by atoms with van der Waals surface area (Å²) in [5.74, 6) is 0.736. The van der Waals surface area contributed by atoms with Crippen molar-refractivity contribution in [2.45, 2.75) is 25.3 Å². The van der Waals surface area contributed by atoms with Crippen LogP contribution in [0.3, 0.4) is 0 Å². The first kappa shape index (κ1) is 14.4. The van der Waals surface area contributed by atoms with E-state index in [1.54, 1.807) is 0 Å². The normalized spacial score (nSPS) is 10.7. The third-order valence-electron chi connectivity index (χ3n) is 2.95. The molecule has 1 aromatic carbocycles. The smallest absolute Gasteiger partial charge is 0.142 e. The SMILES string of the molecule is CCc1cc(COc2c(Cl)cccc2CBr)n(C)n1. The second kappa shape index (κ2) is 6.44. The van der Waals surface area contributed by atoms with Crippen LogP contribution in [0.15, 0.2) is 24.3 Å². The van der Waals surface area contributed by atoms with Gasteiger partial charge >= 0.3 is 0 Å². The number of nitrogens with zero attached hydrogens (tertiary/aromatic N) is 2. The van der Waals surface area contributed by atoms with Crippen molar-refractivity contribution in [3.63, 3.8) is 0 Å². The van der Waals surface area contributed by atoms with Gasteiger partial charge in [-0.3, -0.25) is 4.68 Å². The minimum atomic E-state index is 0.466. The highest BCUT2D eigenvalue weighted by Crippen LogP contribution is 2.30. The Bertz CT molecular complexity index is 569. The number of benzene rings is 1. The Morgan fingerprint density at radius 1 is 1.42 bits per heavy atom. The highest BCUT2D eigenvalue weighted by atomic mass is 79.9. The molecule has 0 saturated carbocycles. The van der Waals surface area contributed by atoms with Crippen LogP contribution < -0.4 is 4.74 Å². The fourth-order valence-corrected chi connectivity index (χ4v) is 2.54. The number of hydrogen-bond acceptors (Lipinski definition) is 2. The monoisotopic (exact) mass is 342 g/mol. The van der Waals surface area contributed by atoms with Crippen LogP contribution in [-0.2, 0) is 25.4 Å². The van der Waals surface area contributed by atoms with Crippen molar-refractivity contribution in [3.8, 4) is 5.75 Å². The highest BCUT2D eigenvalue weighted by molar-refractivity contribution is 9.08. The number of alkyl halides is 1. The Hall–Kier alpha value is -1.00. The minimum absolute atomic E-state index is 0.466. The maximum atomic E-state index is 6.18. The van der Waals surface area contributed by atoms with Gasteiger partial charge in [0.1, 0.15) is 12.4 Å². The zero-order valence-electron chi connectivity index (χ0n) is 11.0. The molecule has 1 heterocycles. The molecule has 0 bridgehead atoms. The van der Waals surface area contributed by atoms with E-state index in [1.807, 2.05) is 29.9 Å². The van der Waals surface area contributed by atoms with Gasteiger partial charge in [0.2, 0.25) is 0 Å². The van der Waals surface area contributed by atoms with Gasteiger partial charge in [-0.05, 0) is 18.6 Å². The van der Waals surface area contributed by atoms with E-state index in [9.17, 15) is 0 Å². The van der Waals surface area contributed by atoms with E-state index in [4.69, 9.17) is 16.3 Å². The molecule has 19 heavy (non-hydrogen) atoms. The highest BCUT2D eigenvalue weighted by Gasteiger charge is 2.10. The Morgan fingerprint density at radius 2 is 2.21 bits per heavy atom. The summed E-state index contributed by atoms with van der Waals surface area (Å²) in [5, 5.41) is 5.75. The van der Waals surface area contributed by atoms with Crippen LogP contribution in [0.5, 0.6) is 5.75 Å². The summed E-state index contributed by atoms with van der Waals surface area (Å²) < 4.78 is 7.71. The molecule has 0 atom stereocenters. The number of ether oxygens (including phenoxy) is 1. The first-order valence-corrected chi connectivity index (χ1v) is 7.63. The van der Waals surface area contributed by atoms with Crippen molar-refractivity contribution in [1.29, 1.82) is 0 Å². The summed E-state index contributed by atoms with van der Waals surface area (Å²) in [4.78, 5) is 0. The van der Waals surface area contributed by atoms with Crippen LogP contribution in [0.1, 0.15) is 23.9 Å². The second-order valence-electron chi connectivity index (χ2n) is 4.25. The molecular weight excluding hydrogens is 328 g/mol. The lowest BCUT2D eigenvalue weighted by atomic mass is 10.2. The van der Waals surface area contributed by atoms with Gasteiger partial charge in [-0.1, -0.05) is 46.6 Å². The summed E-state index contributed by atoms with van der Waals surface area (Å²) in [7, 11) is 1.93. The molecule has 0 unspecified atom stereocenters. The van der Waals surface area contributed by atoms with Crippen molar-refractivity contribution in [3.05, 3.63) is 46.2 Å². The number of aryl methyl sites for hydroxylation is 2. The van der Waals surface area contributed by atoms with Gasteiger partial charge in [0, 0.05) is 17.9 Å². The van der Waals surface area contributed by atoms with Crippen LogP contribution in [0.25, 0.3) is 0 Å². The summed E-state index contributed by atoms with van der Waals surface area (Å²) in [6.45, 7) is 2.55. The lowest BCUT2D eigenvalue weighted by Crippen LogP contribution is -2.04. The lowest BCUT2D eigenvalue weighted by Gasteiger charge is -2.11. The Kier molecular flexibility index (Phi) is 4.88. The molecular formula is C14H16BrClN2O. The zero-order valence-corrected chi connectivity index (χ0v) is 13.3. The molecule has 0 N–H and O–H groups in total. The predicted octanol–water partition coefficient (Wildman–Crippen LogP) is 4.11. The molecule has 5 heteroatoms. The molecule has 102 valence electrons. The molecule has 0 saturated heterocycles. The molecule has 0 aliphatic carbocycles. The van der Waals surface area contributed by atoms with Crippen LogP contribution in [0.2, 0.25) is 5.02 Å².